The van der Waals surface area contributed by atoms with Crippen LogP contribution in [0.15, 0.2) is 12.3 Å². The van der Waals surface area contributed by atoms with E-state index < -0.39 is 0 Å². The van der Waals surface area contributed by atoms with E-state index in [-0.39, 0.29) is 11.8 Å². The molecule has 16 heavy (non-hydrogen) atoms. The number of hydrogen-bond acceptors (Lipinski definition) is 3. The number of nitrogens with one attached hydrogen (secondary N) is 2. The van der Waals surface area contributed by atoms with Crippen molar-refractivity contribution in [3.63, 3.8) is 0 Å². The highest BCUT2D eigenvalue weighted by molar-refractivity contribution is 6.30. The van der Waals surface area contributed by atoms with Crippen LogP contribution in [0.25, 0.3) is 0 Å². The Balaban J connectivity index is 2.66. The van der Waals surface area contributed by atoms with Crippen molar-refractivity contribution in [2.75, 3.05) is 18.9 Å². The molecule has 1 aromatic rings. The third-order valence-electron chi connectivity index (χ3n) is 2.24. The number of carbonyl (C=O) groups is 1. The van der Waals surface area contributed by atoms with E-state index in [0.29, 0.717) is 17.4 Å². The van der Waals surface area contributed by atoms with Crippen LogP contribution in [0.1, 0.15) is 12.5 Å². The van der Waals surface area contributed by atoms with Crippen molar-refractivity contribution in [3.8, 4) is 0 Å². The fraction of sp³-hybridized carbons (Fsp3) is 0.455. The molecule has 0 aliphatic carbocycles. The summed E-state index contributed by atoms with van der Waals surface area (Å²) in [5, 5.41) is 6.21. The monoisotopic (exact) mass is 241 g/mol. The molecule has 0 bridgehead atoms. The summed E-state index contributed by atoms with van der Waals surface area (Å²) in [6.07, 6.45) is 1.55. The summed E-state index contributed by atoms with van der Waals surface area (Å²) in [6, 6.07) is 1.80. The van der Waals surface area contributed by atoms with Gasteiger partial charge in [0.25, 0.3) is 0 Å². The van der Waals surface area contributed by atoms with E-state index in [4.69, 9.17) is 11.6 Å². The van der Waals surface area contributed by atoms with Crippen LogP contribution in [-0.2, 0) is 4.79 Å². The number of rotatable bonds is 4. The van der Waals surface area contributed by atoms with Gasteiger partial charge in [0.15, 0.2) is 0 Å². The SMILES string of the molecule is CNCC(C)C(=O)Nc1cnc(Cl)c(C)c1. The molecule has 0 aliphatic rings. The number of pyridine rings is 1. The Morgan fingerprint density at radius 1 is 1.62 bits per heavy atom. The average Bonchev–Trinajstić information content (AvgIpc) is 2.24. The van der Waals surface area contributed by atoms with Gasteiger partial charge >= 0.3 is 0 Å². The van der Waals surface area contributed by atoms with Crippen molar-refractivity contribution in [1.82, 2.24) is 10.3 Å². The van der Waals surface area contributed by atoms with Crippen LogP contribution in [0.5, 0.6) is 0 Å². The number of anilines is 1. The Kier molecular flexibility index (Phi) is 4.71. The van der Waals surface area contributed by atoms with Crippen LogP contribution in [0.3, 0.4) is 0 Å². The van der Waals surface area contributed by atoms with Crippen molar-refractivity contribution in [3.05, 3.63) is 23.0 Å². The van der Waals surface area contributed by atoms with Crippen molar-refractivity contribution in [1.29, 1.82) is 0 Å². The maximum atomic E-state index is 11.7. The first kappa shape index (κ1) is 12.9. The summed E-state index contributed by atoms with van der Waals surface area (Å²) in [6.45, 7) is 4.36. The van der Waals surface area contributed by atoms with Gasteiger partial charge in [0.1, 0.15) is 5.15 Å². The average molecular weight is 242 g/mol. The van der Waals surface area contributed by atoms with E-state index in [1.807, 2.05) is 20.9 Å². The first-order chi connectivity index (χ1) is 7.54. The van der Waals surface area contributed by atoms with E-state index >= 15 is 0 Å². The molecule has 1 aromatic heterocycles. The number of nitrogens with zero attached hydrogens (tertiary/aromatic N) is 1. The van der Waals surface area contributed by atoms with Gasteiger partial charge in [-0.2, -0.15) is 0 Å². The minimum absolute atomic E-state index is 0.0297. The first-order valence-electron chi connectivity index (χ1n) is 5.12. The Hall–Kier alpha value is -1.13. The van der Waals surface area contributed by atoms with Gasteiger partial charge in [-0.05, 0) is 25.6 Å². The largest absolute Gasteiger partial charge is 0.324 e. The molecule has 1 atom stereocenters. The van der Waals surface area contributed by atoms with E-state index in [1.54, 1.807) is 12.3 Å². The second kappa shape index (κ2) is 5.82. The molecule has 0 aliphatic heterocycles. The lowest BCUT2D eigenvalue weighted by Crippen LogP contribution is -2.28. The zero-order valence-corrected chi connectivity index (χ0v) is 10.4. The normalized spacial score (nSPS) is 12.2. The van der Waals surface area contributed by atoms with Gasteiger partial charge in [-0.1, -0.05) is 18.5 Å². The van der Waals surface area contributed by atoms with Crippen LogP contribution in [0.2, 0.25) is 5.15 Å². The van der Waals surface area contributed by atoms with Crippen LogP contribution in [-0.4, -0.2) is 24.5 Å². The molecular weight excluding hydrogens is 226 g/mol. The van der Waals surface area contributed by atoms with Gasteiger partial charge < -0.3 is 10.6 Å². The molecule has 4 nitrogen and oxygen atoms in total. The highest BCUT2D eigenvalue weighted by atomic mass is 35.5. The molecule has 0 spiro atoms. The van der Waals surface area contributed by atoms with E-state index in [2.05, 4.69) is 15.6 Å². The minimum Gasteiger partial charge on any atom is -0.324 e. The Morgan fingerprint density at radius 3 is 2.88 bits per heavy atom. The lowest BCUT2D eigenvalue weighted by molar-refractivity contribution is -0.119. The summed E-state index contributed by atoms with van der Waals surface area (Å²) < 4.78 is 0. The number of carbonyl (C=O) groups excluding carboxylic acids is 1. The zero-order valence-electron chi connectivity index (χ0n) is 9.67. The second-order valence-electron chi connectivity index (χ2n) is 3.78. The molecule has 0 saturated heterocycles. The molecule has 1 amide bonds. The molecule has 0 aromatic carbocycles. The third kappa shape index (κ3) is 3.47. The summed E-state index contributed by atoms with van der Waals surface area (Å²) in [5.74, 6) is -0.112. The summed E-state index contributed by atoms with van der Waals surface area (Å²) in [5.41, 5.74) is 1.52. The van der Waals surface area contributed by atoms with Gasteiger partial charge in [-0.25, -0.2) is 4.98 Å². The van der Waals surface area contributed by atoms with E-state index in [9.17, 15) is 4.79 Å². The smallest absolute Gasteiger partial charge is 0.228 e. The lowest BCUT2D eigenvalue weighted by atomic mass is 10.1. The van der Waals surface area contributed by atoms with Gasteiger partial charge in [0.2, 0.25) is 5.91 Å². The van der Waals surface area contributed by atoms with Crippen molar-refractivity contribution in [2.24, 2.45) is 5.92 Å². The highest BCUT2D eigenvalue weighted by Crippen LogP contribution is 2.16. The quantitative estimate of drug-likeness (QED) is 0.791. The molecule has 0 fully saturated rings. The topological polar surface area (TPSA) is 54.0 Å². The summed E-state index contributed by atoms with van der Waals surface area (Å²) in [7, 11) is 1.82. The molecule has 88 valence electrons. The van der Waals surface area contributed by atoms with Crippen LogP contribution < -0.4 is 10.6 Å². The Bertz CT molecular complexity index is 381. The van der Waals surface area contributed by atoms with Crippen LogP contribution in [0, 0.1) is 12.8 Å². The van der Waals surface area contributed by atoms with Gasteiger partial charge in [0.05, 0.1) is 11.9 Å². The van der Waals surface area contributed by atoms with Crippen molar-refractivity contribution >= 4 is 23.2 Å². The lowest BCUT2D eigenvalue weighted by Gasteiger charge is -2.11. The minimum atomic E-state index is -0.0824. The molecule has 0 radical (unpaired) electrons. The number of halogens is 1. The molecule has 1 unspecified atom stereocenters. The Morgan fingerprint density at radius 2 is 2.31 bits per heavy atom. The highest BCUT2D eigenvalue weighted by Gasteiger charge is 2.12. The van der Waals surface area contributed by atoms with E-state index in [0.717, 1.165) is 5.56 Å². The molecule has 0 saturated carbocycles. The molecule has 2 N–H and O–H groups in total. The van der Waals surface area contributed by atoms with Gasteiger partial charge in [0, 0.05) is 12.5 Å². The molecule has 1 heterocycles. The summed E-state index contributed by atoms with van der Waals surface area (Å²) in [4.78, 5) is 15.7. The predicted octanol–water partition coefficient (Wildman–Crippen LogP) is 1.84. The maximum absolute atomic E-state index is 11.7. The first-order valence-corrected chi connectivity index (χ1v) is 5.50. The standard InChI is InChI=1S/C11H16ClN3O/c1-7-4-9(6-14-10(7)12)15-11(16)8(2)5-13-3/h4,6,8,13H,5H2,1-3H3,(H,15,16). The van der Waals surface area contributed by atoms with Gasteiger partial charge in [-0.15, -0.1) is 0 Å². The second-order valence-corrected chi connectivity index (χ2v) is 4.14. The van der Waals surface area contributed by atoms with E-state index in [1.165, 1.54) is 0 Å². The predicted molar refractivity (Wildman–Crippen MR) is 65.7 cm³/mol. The number of aryl methyl sites for hydroxylation is 1. The van der Waals surface area contributed by atoms with Crippen molar-refractivity contribution < 1.29 is 4.79 Å². The molecule has 1 rings (SSSR count). The number of amides is 1. The maximum Gasteiger partial charge on any atom is 0.228 e. The summed E-state index contributed by atoms with van der Waals surface area (Å²) >= 11 is 5.80. The fourth-order valence-corrected chi connectivity index (χ4v) is 1.39. The number of hydrogen-bond donors (Lipinski definition) is 2. The van der Waals surface area contributed by atoms with Gasteiger partial charge in [-0.3, -0.25) is 4.79 Å². The molecule has 5 heteroatoms. The van der Waals surface area contributed by atoms with Crippen molar-refractivity contribution in [2.45, 2.75) is 13.8 Å². The molecular formula is C11H16ClN3O. The zero-order chi connectivity index (χ0) is 12.1. The Labute approximate surface area is 100 Å². The van der Waals surface area contributed by atoms with Crippen LogP contribution >= 0.6 is 11.6 Å². The number of aromatic nitrogens is 1. The van der Waals surface area contributed by atoms with Crippen LogP contribution in [0.4, 0.5) is 5.69 Å². The third-order valence-corrected chi connectivity index (χ3v) is 2.64. The fourth-order valence-electron chi connectivity index (χ4n) is 1.29.